The van der Waals surface area contributed by atoms with Crippen LogP contribution in [0.4, 0.5) is 10.5 Å². The van der Waals surface area contributed by atoms with Crippen LogP contribution in [-0.4, -0.2) is 61.6 Å². The van der Waals surface area contributed by atoms with Gasteiger partial charge in [0.1, 0.15) is 13.2 Å². The summed E-state index contributed by atoms with van der Waals surface area (Å²) in [4.78, 5) is 39.0. The molecule has 1 aromatic rings. The fraction of sp³-hybridized carbons (Fsp3) is 0.591. The molecule has 1 fully saturated rings. The largest absolute Gasteiger partial charge is 0.486 e. The van der Waals surface area contributed by atoms with E-state index in [0.717, 1.165) is 25.7 Å². The van der Waals surface area contributed by atoms with Crippen molar-refractivity contribution in [1.82, 2.24) is 15.5 Å². The van der Waals surface area contributed by atoms with E-state index < -0.39 is 11.9 Å². The Morgan fingerprint density at radius 1 is 1.13 bits per heavy atom. The van der Waals surface area contributed by atoms with Crippen molar-refractivity contribution in [3.63, 3.8) is 0 Å². The molecule has 2 aliphatic heterocycles. The Morgan fingerprint density at radius 2 is 1.90 bits per heavy atom. The number of hydrogen-bond acceptors (Lipinski definition) is 6. The summed E-state index contributed by atoms with van der Waals surface area (Å²) in [5.41, 5.74) is 0.504. The van der Waals surface area contributed by atoms with Crippen LogP contribution in [-0.2, 0) is 9.59 Å². The molecule has 9 heteroatoms. The number of carbonyl (C=O) groups is 3. The average Bonchev–Trinajstić information content (AvgIpc) is 2.75. The predicted octanol–water partition coefficient (Wildman–Crippen LogP) is 2.12. The Labute approximate surface area is 182 Å². The maximum atomic E-state index is 12.4. The van der Waals surface area contributed by atoms with Gasteiger partial charge in [-0.15, -0.1) is 0 Å². The molecule has 2 aliphatic rings. The monoisotopic (exact) mass is 432 g/mol. The molecule has 0 aliphatic carbocycles. The van der Waals surface area contributed by atoms with Crippen LogP contribution in [0.15, 0.2) is 18.2 Å². The van der Waals surface area contributed by atoms with Gasteiger partial charge >= 0.3 is 6.03 Å². The number of rotatable bonds is 7. The normalized spacial score (nSPS) is 20.6. The lowest BCUT2D eigenvalue weighted by Gasteiger charge is -2.36. The van der Waals surface area contributed by atoms with E-state index in [0.29, 0.717) is 43.5 Å². The van der Waals surface area contributed by atoms with Crippen LogP contribution >= 0.6 is 0 Å². The molecule has 1 aromatic carbocycles. The van der Waals surface area contributed by atoms with Crippen molar-refractivity contribution in [2.24, 2.45) is 5.92 Å². The Bertz CT molecular complexity index is 800. The lowest BCUT2D eigenvalue weighted by atomic mass is 9.92. The third kappa shape index (κ3) is 6.58. The zero-order valence-corrected chi connectivity index (χ0v) is 18.2. The highest BCUT2D eigenvalue weighted by Crippen LogP contribution is 2.32. The van der Waals surface area contributed by atoms with Gasteiger partial charge in [0, 0.05) is 30.9 Å². The number of amides is 4. The standard InChI is InChI=1S/C22H32N4O5/c1-3-4-9-23-21(28)16-6-5-15(2)26(13-16)14-20(27)25-22(29)24-17-7-8-18-19(12-17)31-11-10-30-18/h7-8,12,15-16H,3-6,9-11,13-14H2,1-2H3,(H,23,28)(H2,24,25,27,29). The summed E-state index contributed by atoms with van der Waals surface area (Å²) >= 11 is 0. The van der Waals surface area contributed by atoms with Gasteiger partial charge in [0.05, 0.1) is 12.5 Å². The first-order valence-electron chi connectivity index (χ1n) is 11.0. The number of benzene rings is 1. The summed E-state index contributed by atoms with van der Waals surface area (Å²) in [6.07, 6.45) is 3.63. The van der Waals surface area contributed by atoms with E-state index in [9.17, 15) is 14.4 Å². The van der Waals surface area contributed by atoms with Crippen LogP contribution in [0.25, 0.3) is 0 Å². The molecular weight excluding hydrogens is 400 g/mol. The molecule has 31 heavy (non-hydrogen) atoms. The van der Waals surface area contributed by atoms with Gasteiger partial charge in [-0.2, -0.15) is 0 Å². The number of fused-ring (bicyclic) bond motifs is 1. The highest BCUT2D eigenvalue weighted by atomic mass is 16.6. The molecule has 4 amide bonds. The number of unbranched alkanes of at least 4 members (excludes halogenated alkanes) is 1. The fourth-order valence-corrected chi connectivity index (χ4v) is 3.78. The topological polar surface area (TPSA) is 109 Å². The smallest absolute Gasteiger partial charge is 0.325 e. The minimum Gasteiger partial charge on any atom is -0.486 e. The fourth-order valence-electron chi connectivity index (χ4n) is 3.78. The lowest BCUT2D eigenvalue weighted by molar-refractivity contribution is -0.129. The third-order valence-corrected chi connectivity index (χ3v) is 5.61. The number of urea groups is 1. The minimum atomic E-state index is -0.611. The highest BCUT2D eigenvalue weighted by molar-refractivity contribution is 6.01. The quantitative estimate of drug-likeness (QED) is 0.570. The third-order valence-electron chi connectivity index (χ3n) is 5.61. The summed E-state index contributed by atoms with van der Waals surface area (Å²) in [6, 6.07) is 4.62. The minimum absolute atomic E-state index is 0.0436. The molecule has 2 unspecified atom stereocenters. The number of ether oxygens (including phenoxy) is 2. The van der Waals surface area contributed by atoms with E-state index in [4.69, 9.17) is 9.47 Å². The first kappa shape index (κ1) is 22.9. The van der Waals surface area contributed by atoms with Crippen LogP contribution in [0.1, 0.15) is 39.5 Å². The van der Waals surface area contributed by atoms with Crippen LogP contribution < -0.4 is 25.4 Å². The summed E-state index contributed by atoms with van der Waals surface area (Å²) in [6.45, 7) is 6.32. The van der Waals surface area contributed by atoms with Gasteiger partial charge in [0.15, 0.2) is 11.5 Å². The van der Waals surface area contributed by atoms with E-state index in [2.05, 4.69) is 22.9 Å². The molecule has 0 saturated carbocycles. The molecule has 0 radical (unpaired) electrons. The van der Waals surface area contributed by atoms with Crippen molar-refractivity contribution < 1.29 is 23.9 Å². The first-order chi connectivity index (χ1) is 15.0. The zero-order valence-electron chi connectivity index (χ0n) is 18.2. The summed E-state index contributed by atoms with van der Waals surface area (Å²) in [7, 11) is 0. The zero-order chi connectivity index (χ0) is 22.2. The molecule has 9 nitrogen and oxygen atoms in total. The summed E-state index contributed by atoms with van der Waals surface area (Å²) < 4.78 is 11.0. The number of piperidine rings is 1. The molecule has 0 aromatic heterocycles. The molecule has 2 heterocycles. The van der Waals surface area contributed by atoms with E-state index in [1.165, 1.54) is 0 Å². The van der Waals surface area contributed by atoms with Gasteiger partial charge in [-0.05, 0) is 38.3 Å². The Morgan fingerprint density at radius 3 is 2.68 bits per heavy atom. The van der Waals surface area contributed by atoms with E-state index in [1.807, 2.05) is 11.8 Å². The molecule has 0 bridgehead atoms. The summed E-state index contributed by atoms with van der Waals surface area (Å²) in [5, 5.41) is 7.97. The maximum Gasteiger partial charge on any atom is 0.325 e. The molecular formula is C22H32N4O5. The van der Waals surface area contributed by atoms with Crippen LogP contribution in [0.2, 0.25) is 0 Å². The Hall–Kier alpha value is -2.81. The molecule has 2 atom stereocenters. The van der Waals surface area contributed by atoms with Crippen molar-refractivity contribution >= 4 is 23.5 Å². The second-order valence-corrected chi connectivity index (χ2v) is 8.06. The number of hydrogen-bond donors (Lipinski definition) is 3. The van der Waals surface area contributed by atoms with Gasteiger partial charge < -0.3 is 20.1 Å². The lowest BCUT2D eigenvalue weighted by Crippen LogP contribution is -2.51. The van der Waals surface area contributed by atoms with E-state index in [-0.39, 0.29) is 24.4 Å². The molecule has 170 valence electrons. The second-order valence-electron chi connectivity index (χ2n) is 8.06. The van der Waals surface area contributed by atoms with Gasteiger partial charge in [-0.3, -0.25) is 19.8 Å². The number of carbonyl (C=O) groups excluding carboxylic acids is 3. The van der Waals surface area contributed by atoms with Crippen molar-refractivity contribution in [3.05, 3.63) is 18.2 Å². The van der Waals surface area contributed by atoms with Gasteiger partial charge in [-0.25, -0.2) is 4.79 Å². The molecule has 3 N–H and O–H groups in total. The van der Waals surface area contributed by atoms with Crippen LogP contribution in [0.3, 0.4) is 0 Å². The van der Waals surface area contributed by atoms with Gasteiger partial charge in [0.25, 0.3) is 0 Å². The molecule has 1 saturated heterocycles. The van der Waals surface area contributed by atoms with E-state index >= 15 is 0 Å². The van der Waals surface area contributed by atoms with Crippen LogP contribution in [0, 0.1) is 5.92 Å². The SMILES string of the molecule is CCCCNC(=O)C1CCC(C)N(CC(=O)NC(=O)Nc2ccc3c(c2)OCCO3)C1. The van der Waals surface area contributed by atoms with E-state index in [1.54, 1.807) is 18.2 Å². The maximum absolute atomic E-state index is 12.4. The number of imide groups is 1. The number of anilines is 1. The van der Waals surface area contributed by atoms with Gasteiger partial charge in [-0.1, -0.05) is 13.3 Å². The predicted molar refractivity (Wildman–Crippen MR) is 116 cm³/mol. The number of likely N-dealkylation sites (tertiary alicyclic amines) is 1. The Balaban J connectivity index is 1.47. The van der Waals surface area contributed by atoms with Crippen molar-refractivity contribution in [3.8, 4) is 11.5 Å². The number of nitrogens with one attached hydrogen (secondary N) is 3. The van der Waals surface area contributed by atoms with Crippen molar-refractivity contribution in [2.45, 2.75) is 45.6 Å². The number of nitrogens with zero attached hydrogens (tertiary/aromatic N) is 1. The molecule has 3 rings (SSSR count). The first-order valence-corrected chi connectivity index (χ1v) is 11.0. The Kier molecular flexibility index (Phi) is 8.11. The average molecular weight is 433 g/mol. The van der Waals surface area contributed by atoms with Crippen molar-refractivity contribution in [2.75, 3.05) is 38.2 Å². The molecule has 0 spiro atoms. The highest BCUT2D eigenvalue weighted by Gasteiger charge is 2.31. The van der Waals surface area contributed by atoms with Gasteiger partial charge in [0.2, 0.25) is 11.8 Å². The van der Waals surface area contributed by atoms with Crippen molar-refractivity contribution in [1.29, 1.82) is 0 Å². The summed E-state index contributed by atoms with van der Waals surface area (Å²) in [5.74, 6) is 0.685. The van der Waals surface area contributed by atoms with Crippen LogP contribution in [0.5, 0.6) is 11.5 Å². The second kappa shape index (κ2) is 11.0.